The van der Waals surface area contributed by atoms with Gasteiger partial charge in [-0.1, -0.05) is 37.0 Å². The Labute approximate surface area is 126 Å². The number of amides is 2. The molecule has 0 bridgehead atoms. The summed E-state index contributed by atoms with van der Waals surface area (Å²) in [6.45, 7) is 3.92. The number of rotatable bonds is 4. The number of aryl methyl sites for hydroxylation is 1. The molecule has 1 aromatic rings. The lowest BCUT2D eigenvalue weighted by atomic mass is 9.76. The molecule has 0 heterocycles. The summed E-state index contributed by atoms with van der Waals surface area (Å²) in [6.07, 6.45) is 5.76. The summed E-state index contributed by atoms with van der Waals surface area (Å²) >= 11 is 0. The zero-order valence-electron chi connectivity index (χ0n) is 13.0. The van der Waals surface area contributed by atoms with Crippen LogP contribution in [-0.2, 0) is 0 Å². The molecule has 1 aliphatic carbocycles. The lowest BCUT2D eigenvalue weighted by Gasteiger charge is -2.39. The van der Waals surface area contributed by atoms with E-state index in [4.69, 9.17) is 0 Å². The minimum atomic E-state index is -0.546. The molecule has 1 aromatic carbocycles. The number of aliphatic hydroxyl groups is 1. The molecule has 0 spiro atoms. The van der Waals surface area contributed by atoms with Gasteiger partial charge >= 0.3 is 6.03 Å². The maximum Gasteiger partial charge on any atom is 0.319 e. The van der Waals surface area contributed by atoms with E-state index in [-0.39, 0.29) is 12.6 Å². The van der Waals surface area contributed by atoms with Crippen LogP contribution in [0.25, 0.3) is 0 Å². The summed E-state index contributed by atoms with van der Waals surface area (Å²) in [5.74, 6) is 0.347. The first-order chi connectivity index (χ1) is 10.0. The zero-order valence-corrected chi connectivity index (χ0v) is 13.0. The van der Waals surface area contributed by atoms with Crippen LogP contribution in [0.2, 0.25) is 0 Å². The molecule has 2 rings (SSSR count). The molecule has 2 amide bonds. The topological polar surface area (TPSA) is 61.4 Å². The second-order valence-electron chi connectivity index (χ2n) is 6.36. The molecule has 1 fully saturated rings. The molecule has 4 heteroatoms. The van der Waals surface area contributed by atoms with Crippen molar-refractivity contribution in [1.29, 1.82) is 0 Å². The lowest BCUT2D eigenvalue weighted by molar-refractivity contribution is 0.103. The SMILES string of the molecule is Cc1ccc(NC(=O)N[C@@](C)(CO)C2CCCCC2)cc1. The van der Waals surface area contributed by atoms with Gasteiger partial charge in [0.2, 0.25) is 0 Å². The lowest BCUT2D eigenvalue weighted by Crippen LogP contribution is -2.55. The van der Waals surface area contributed by atoms with Crippen molar-refractivity contribution in [2.45, 2.75) is 51.5 Å². The van der Waals surface area contributed by atoms with Crippen LogP contribution in [0.3, 0.4) is 0 Å². The van der Waals surface area contributed by atoms with E-state index in [1.54, 1.807) is 0 Å². The minimum absolute atomic E-state index is 0.0288. The van der Waals surface area contributed by atoms with E-state index in [0.29, 0.717) is 5.92 Å². The molecule has 0 radical (unpaired) electrons. The fourth-order valence-corrected chi connectivity index (χ4v) is 3.07. The first kappa shape index (κ1) is 15.8. The smallest absolute Gasteiger partial charge is 0.319 e. The van der Waals surface area contributed by atoms with Crippen LogP contribution in [0.15, 0.2) is 24.3 Å². The van der Waals surface area contributed by atoms with Crippen LogP contribution < -0.4 is 10.6 Å². The molecule has 4 nitrogen and oxygen atoms in total. The summed E-state index contributed by atoms with van der Waals surface area (Å²) in [5, 5.41) is 15.6. The number of aliphatic hydroxyl groups excluding tert-OH is 1. The quantitative estimate of drug-likeness (QED) is 0.795. The Hall–Kier alpha value is -1.55. The van der Waals surface area contributed by atoms with E-state index < -0.39 is 5.54 Å². The molecule has 3 N–H and O–H groups in total. The Morgan fingerprint density at radius 2 is 1.86 bits per heavy atom. The number of carbonyl (C=O) groups excluding carboxylic acids is 1. The Bertz CT molecular complexity index is 466. The highest BCUT2D eigenvalue weighted by Crippen LogP contribution is 2.32. The summed E-state index contributed by atoms with van der Waals surface area (Å²) in [4.78, 5) is 12.2. The normalized spacial score (nSPS) is 18.8. The third kappa shape index (κ3) is 4.21. The van der Waals surface area contributed by atoms with Crippen LogP contribution in [0.5, 0.6) is 0 Å². The van der Waals surface area contributed by atoms with Gasteiger partial charge in [-0.3, -0.25) is 0 Å². The molecule has 1 aliphatic rings. The van der Waals surface area contributed by atoms with Crippen molar-refractivity contribution in [2.24, 2.45) is 5.92 Å². The Morgan fingerprint density at radius 1 is 1.24 bits per heavy atom. The van der Waals surface area contributed by atoms with Crippen LogP contribution in [-0.4, -0.2) is 23.3 Å². The number of hydrogen-bond acceptors (Lipinski definition) is 2. The molecule has 21 heavy (non-hydrogen) atoms. The summed E-state index contributed by atoms with van der Waals surface area (Å²) < 4.78 is 0. The Balaban J connectivity index is 1.96. The van der Waals surface area contributed by atoms with Crippen molar-refractivity contribution in [3.05, 3.63) is 29.8 Å². The Morgan fingerprint density at radius 3 is 2.43 bits per heavy atom. The van der Waals surface area contributed by atoms with Crippen molar-refractivity contribution in [3.8, 4) is 0 Å². The molecule has 0 aromatic heterocycles. The third-order valence-corrected chi connectivity index (χ3v) is 4.54. The fraction of sp³-hybridized carbons (Fsp3) is 0.588. The first-order valence-corrected chi connectivity index (χ1v) is 7.80. The monoisotopic (exact) mass is 290 g/mol. The summed E-state index contributed by atoms with van der Waals surface area (Å²) in [5.41, 5.74) is 1.38. The van der Waals surface area contributed by atoms with Gasteiger partial charge in [-0.25, -0.2) is 4.79 Å². The van der Waals surface area contributed by atoms with Crippen LogP contribution in [0, 0.1) is 12.8 Å². The molecular weight excluding hydrogens is 264 g/mol. The highest BCUT2D eigenvalue weighted by Gasteiger charge is 2.35. The summed E-state index contributed by atoms with van der Waals surface area (Å²) in [7, 11) is 0. The van der Waals surface area contributed by atoms with E-state index in [9.17, 15) is 9.90 Å². The van der Waals surface area contributed by atoms with Crippen molar-refractivity contribution in [3.63, 3.8) is 0 Å². The highest BCUT2D eigenvalue weighted by molar-refractivity contribution is 5.89. The maximum absolute atomic E-state index is 12.2. The van der Waals surface area contributed by atoms with Gasteiger partial charge < -0.3 is 15.7 Å². The molecular formula is C17H26N2O2. The number of carbonyl (C=O) groups is 1. The molecule has 1 atom stereocenters. The maximum atomic E-state index is 12.2. The van der Waals surface area contributed by atoms with Gasteiger partial charge in [0.05, 0.1) is 12.1 Å². The average molecular weight is 290 g/mol. The molecule has 1 saturated carbocycles. The standard InChI is InChI=1S/C17H26N2O2/c1-13-8-10-15(11-9-13)18-16(21)19-17(2,12-20)14-6-4-3-5-7-14/h8-11,14,20H,3-7,12H2,1-2H3,(H2,18,19,21)/t17-/m0/s1. The van der Waals surface area contributed by atoms with Gasteiger partial charge in [-0.2, -0.15) is 0 Å². The number of benzene rings is 1. The summed E-state index contributed by atoms with van der Waals surface area (Å²) in [6, 6.07) is 7.43. The second kappa shape index (κ2) is 6.94. The van der Waals surface area contributed by atoms with Crippen molar-refractivity contribution >= 4 is 11.7 Å². The van der Waals surface area contributed by atoms with Gasteiger partial charge in [0.1, 0.15) is 0 Å². The first-order valence-electron chi connectivity index (χ1n) is 7.80. The average Bonchev–Trinajstić information content (AvgIpc) is 2.50. The predicted octanol–water partition coefficient (Wildman–Crippen LogP) is 3.45. The van der Waals surface area contributed by atoms with E-state index in [0.717, 1.165) is 24.1 Å². The van der Waals surface area contributed by atoms with E-state index in [1.165, 1.54) is 19.3 Å². The minimum Gasteiger partial charge on any atom is -0.394 e. The van der Waals surface area contributed by atoms with Crippen LogP contribution >= 0.6 is 0 Å². The van der Waals surface area contributed by atoms with Crippen molar-refractivity contribution in [1.82, 2.24) is 5.32 Å². The van der Waals surface area contributed by atoms with E-state index in [1.807, 2.05) is 38.1 Å². The molecule has 0 unspecified atom stereocenters. The van der Waals surface area contributed by atoms with Crippen molar-refractivity contribution < 1.29 is 9.90 Å². The number of urea groups is 1. The number of anilines is 1. The van der Waals surface area contributed by atoms with Crippen LogP contribution in [0.4, 0.5) is 10.5 Å². The largest absolute Gasteiger partial charge is 0.394 e. The van der Waals surface area contributed by atoms with Gasteiger partial charge in [0, 0.05) is 5.69 Å². The van der Waals surface area contributed by atoms with Crippen molar-refractivity contribution in [2.75, 3.05) is 11.9 Å². The molecule has 0 saturated heterocycles. The fourth-order valence-electron chi connectivity index (χ4n) is 3.07. The third-order valence-electron chi connectivity index (χ3n) is 4.54. The zero-order chi connectivity index (χ0) is 15.3. The van der Waals surface area contributed by atoms with Gasteiger partial charge in [-0.05, 0) is 44.7 Å². The van der Waals surface area contributed by atoms with E-state index in [2.05, 4.69) is 10.6 Å². The molecule has 116 valence electrons. The second-order valence-corrected chi connectivity index (χ2v) is 6.36. The Kier molecular flexibility index (Phi) is 5.23. The van der Waals surface area contributed by atoms with Crippen LogP contribution in [0.1, 0.15) is 44.6 Å². The van der Waals surface area contributed by atoms with Gasteiger partial charge in [-0.15, -0.1) is 0 Å². The van der Waals surface area contributed by atoms with Gasteiger partial charge in [0.25, 0.3) is 0 Å². The van der Waals surface area contributed by atoms with E-state index >= 15 is 0 Å². The molecule has 0 aliphatic heterocycles. The number of hydrogen-bond donors (Lipinski definition) is 3. The highest BCUT2D eigenvalue weighted by atomic mass is 16.3. The van der Waals surface area contributed by atoms with Gasteiger partial charge in [0.15, 0.2) is 0 Å². The predicted molar refractivity (Wildman–Crippen MR) is 85.4 cm³/mol. The number of nitrogens with one attached hydrogen (secondary N) is 2.